The van der Waals surface area contributed by atoms with Gasteiger partial charge in [-0.05, 0) is 17.7 Å². The highest BCUT2D eigenvalue weighted by molar-refractivity contribution is 5.79. The maximum Gasteiger partial charge on any atom is 0.195 e. The SMILES string of the molecule is CN(C)C(=NCc1cccc(-n2ccnc2)c1)N(C)C. The first-order valence-corrected chi connectivity index (χ1v) is 6.54. The summed E-state index contributed by atoms with van der Waals surface area (Å²) in [4.78, 5) is 12.8. The summed E-state index contributed by atoms with van der Waals surface area (Å²) in [5.74, 6) is 0.957. The Bertz CT molecular complexity index is 560. The quantitative estimate of drug-likeness (QED) is 0.631. The Kier molecular flexibility index (Phi) is 4.40. The third-order valence-corrected chi connectivity index (χ3v) is 2.92. The number of rotatable bonds is 3. The largest absolute Gasteiger partial charge is 0.349 e. The summed E-state index contributed by atoms with van der Waals surface area (Å²) in [6.45, 7) is 0.661. The van der Waals surface area contributed by atoms with Crippen molar-refractivity contribution in [3.63, 3.8) is 0 Å². The maximum atomic E-state index is 4.66. The van der Waals surface area contributed by atoms with E-state index in [1.54, 1.807) is 12.5 Å². The predicted octanol–water partition coefficient (Wildman–Crippen LogP) is 1.85. The highest BCUT2D eigenvalue weighted by Gasteiger charge is 2.04. The molecule has 0 N–H and O–H groups in total. The van der Waals surface area contributed by atoms with Gasteiger partial charge in [0, 0.05) is 46.3 Å². The molecular formula is C15H21N5. The van der Waals surface area contributed by atoms with Crippen LogP contribution < -0.4 is 0 Å². The Morgan fingerprint density at radius 1 is 1.20 bits per heavy atom. The van der Waals surface area contributed by atoms with Crippen LogP contribution in [0.1, 0.15) is 5.56 Å². The van der Waals surface area contributed by atoms with E-state index >= 15 is 0 Å². The van der Waals surface area contributed by atoms with E-state index in [0.717, 1.165) is 11.6 Å². The Labute approximate surface area is 120 Å². The molecular weight excluding hydrogens is 250 g/mol. The summed E-state index contributed by atoms with van der Waals surface area (Å²) in [6, 6.07) is 8.33. The lowest BCUT2D eigenvalue weighted by molar-refractivity contribution is 0.479. The van der Waals surface area contributed by atoms with Crippen LogP contribution in [0.2, 0.25) is 0 Å². The first-order valence-electron chi connectivity index (χ1n) is 6.54. The summed E-state index contributed by atoms with van der Waals surface area (Å²) >= 11 is 0. The molecule has 0 amide bonds. The lowest BCUT2D eigenvalue weighted by atomic mass is 10.2. The Morgan fingerprint density at radius 3 is 2.55 bits per heavy atom. The number of benzene rings is 1. The van der Waals surface area contributed by atoms with Gasteiger partial charge in [-0.15, -0.1) is 0 Å². The van der Waals surface area contributed by atoms with E-state index in [1.807, 2.05) is 54.8 Å². The van der Waals surface area contributed by atoms with Gasteiger partial charge in [-0.25, -0.2) is 9.98 Å². The minimum absolute atomic E-state index is 0.661. The molecule has 20 heavy (non-hydrogen) atoms. The Hall–Kier alpha value is -2.30. The number of hydrogen-bond acceptors (Lipinski definition) is 2. The highest BCUT2D eigenvalue weighted by atomic mass is 15.3. The molecule has 0 atom stereocenters. The standard InChI is InChI=1S/C15H21N5/c1-18(2)15(19(3)4)17-11-13-6-5-7-14(10-13)20-9-8-16-12-20/h5-10,12H,11H2,1-4H3. The second-order valence-corrected chi connectivity index (χ2v) is 5.04. The van der Waals surface area contributed by atoms with E-state index in [2.05, 4.69) is 28.2 Å². The third-order valence-electron chi connectivity index (χ3n) is 2.92. The molecule has 1 heterocycles. The van der Waals surface area contributed by atoms with Gasteiger partial charge in [0.25, 0.3) is 0 Å². The van der Waals surface area contributed by atoms with Crippen molar-refractivity contribution < 1.29 is 0 Å². The fourth-order valence-corrected chi connectivity index (χ4v) is 2.07. The average molecular weight is 271 g/mol. The Morgan fingerprint density at radius 2 is 1.95 bits per heavy atom. The zero-order valence-corrected chi connectivity index (χ0v) is 12.5. The third kappa shape index (κ3) is 3.38. The van der Waals surface area contributed by atoms with Crippen LogP contribution in [0.5, 0.6) is 0 Å². The van der Waals surface area contributed by atoms with E-state index in [0.29, 0.717) is 6.54 Å². The van der Waals surface area contributed by atoms with Crippen molar-refractivity contribution >= 4 is 5.96 Å². The molecule has 106 valence electrons. The average Bonchev–Trinajstić information content (AvgIpc) is 2.92. The normalized spacial score (nSPS) is 10.2. The van der Waals surface area contributed by atoms with E-state index < -0.39 is 0 Å². The van der Waals surface area contributed by atoms with Crippen molar-refractivity contribution in [1.29, 1.82) is 0 Å². The van der Waals surface area contributed by atoms with Crippen molar-refractivity contribution in [1.82, 2.24) is 19.4 Å². The van der Waals surface area contributed by atoms with Crippen LogP contribution in [0.3, 0.4) is 0 Å². The highest BCUT2D eigenvalue weighted by Crippen LogP contribution is 2.11. The van der Waals surface area contributed by atoms with Gasteiger partial charge in [0.05, 0.1) is 12.9 Å². The molecule has 0 unspecified atom stereocenters. The van der Waals surface area contributed by atoms with Gasteiger partial charge in [-0.1, -0.05) is 12.1 Å². The van der Waals surface area contributed by atoms with Crippen LogP contribution in [0.4, 0.5) is 0 Å². The number of imidazole rings is 1. The molecule has 5 heteroatoms. The van der Waals surface area contributed by atoms with Gasteiger partial charge in [-0.2, -0.15) is 0 Å². The summed E-state index contributed by atoms with van der Waals surface area (Å²) < 4.78 is 1.99. The fourth-order valence-electron chi connectivity index (χ4n) is 2.07. The van der Waals surface area contributed by atoms with Gasteiger partial charge in [-0.3, -0.25) is 0 Å². The maximum absolute atomic E-state index is 4.66. The lowest BCUT2D eigenvalue weighted by Gasteiger charge is -2.22. The van der Waals surface area contributed by atoms with E-state index in [4.69, 9.17) is 0 Å². The molecule has 5 nitrogen and oxygen atoms in total. The van der Waals surface area contributed by atoms with Gasteiger partial charge in [0.1, 0.15) is 0 Å². The molecule has 2 aromatic rings. The second kappa shape index (κ2) is 6.23. The van der Waals surface area contributed by atoms with Crippen LogP contribution in [-0.2, 0) is 6.54 Å². The molecule has 1 aromatic carbocycles. The number of nitrogens with zero attached hydrogens (tertiary/aromatic N) is 5. The fraction of sp³-hybridized carbons (Fsp3) is 0.333. The zero-order chi connectivity index (χ0) is 14.5. The molecule has 0 aliphatic rings. The molecule has 0 spiro atoms. The topological polar surface area (TPSA) is 36.7 Å². The van der Waals surface area contributed by atoms with E-state index in [1.165, 1.54) is 5.56 Å². The number of guanidine groups is 1. The van der Waals surface area contributed by atoms with Crippen molar-refractivity contribution in [3.8, 4) is 5.69 Å². The van der Waals surface area contributed by atoms with Crippen molar-refractivity contribution in [3.05, 3.63) is 48.5 Å². The van der Waals surface area contributed by atoms with Gasteiger partial charge in [0.2, 0.25) is 0 Å². The van der Waals surface area contributed by atoms with Crippen LogP contribution >= 0.6 is 0 Å². The molecule has 0 aliphatic heterocycles. The number of aliphatic imine (C=N–C) groups is 1. The first kappa shape index (κ1) is 14.1. The molecule has 0 saturated heterocycles. The molecule has 0 fully saturated rings. The second-order valence-electron chi connectivity index (χ2n) is 5.04. The minimum atomic E-state index is 0.661. The summed E-state index contributed by atoms with van der Waals surface area (Å²) in [7, 11) is 8.00. The lowest BCUT2D eigenvalue weighted by Crippen LogP contribution is -2.35. The van der Waals surface area contributed by atoms with Crippen molar-refractivity contribution in [2.24, 2.45) is 4.99 Å². The Balaban J connectivity index is 2.18. The van der Waals surface area contributed by atoms with Gasteiger partial charge >= 0.3 is 0 Å². The molecule has 2 rings (SSSR count). The summed E-state index contributed by atoms with van der Waals surface area (Å²) in [6.07, 6.45) is 5.52. The minimum Gasteiger partial charge on any atom is -0.349 e. The zero-order valence-electron chi connectivity index (χ0n) is 12.5. The molecule has 1 aromatic heterocycles. The van der Waals surface area contributed by atoms with Crippen LogP contribution in [0.25, 0.3) is 5.69 Å². The molecule has 0 bridgehead atoms. The van der Waals surface area contributed by atoms with Crippen LogP contribution in [-0.4, -0.2) is 53.5 Å². The van der Waals surface area contributed by atoms with Gasteiger partial charge < -0.3 is 14.4 Å². The monoisotopic (exact) mass is 271 g/mol. The molecule has 0 radical (unpaired) electrons. The van der Waals surface area contributed by atoms with E-state index in [9.17, 15) is 0 Å². The first-order chi connectivity index (χ1) is 9.58. The molecule has 0 saturated carbocycles. The summed E-state index contributed by atoms with van der Waals surface area (Å²) in [5, 5.41) is 0. The predicted molar refractivity (Wildman–Crippen MR) is 82.1 cm³/mol. The smallest absolute Gasteiger partial charge is 0.195 e. The molecule has 0 aliphatic carbocycles. The van der Waals surface area contributed by atoms with Gasteiger partial charge in [0.15, 0.2) is 5.96 Å². The van der Waals surface area contributed by atoms with Crippen molar-refractivity contribution in [2.75, 3.05) is 28.2 Å². The van der Waals surface area contributed by atoms with Crippen molar-refractivity contribution in [2.45, 2.75) is 6.54 Å². The van der Waals surface area contributed by atoms with Crippen LogP contribution in [0, 0.1) is 0 Å². The van der Waals surface area contributed by atoms with E-state index in [-0.39, 0.29) is 0 Å². The number of aromatic nitrogens is 2. The summed E-state index contributed by atoms with van der Waals surface area (Å²) in [5.41, 5.74) is 2.28. The van der Waals surface area contributed by atoms with Crippen LogP contribution in [0.15, 0.2) is 48.0 Å². The number of hydrogen-bond donors (Lipinski definition) is 0.